The first kappa shape index (κ1) is 12.6. The summed E-state index contributed by atoms with van der Waals surface area (Å²) in [6, 6.07) is 3.85. The van der Waals surface area contributed by atoms with Crippen LogP contribution in [-0.4, -0.2) is 23.7 Å². The highest BCUT2D eigenvalue weighted by atomic mass is 19.1. The Morgan fingerprint density at radius 2 is 2.28 bits per heavy atom. The van der Waals surface area contributed by atoms with Crippen LogP contribution in [0.3, 0.4) is 0 Å². The molecule has 0 spiro atoms. The van der Waals surface area contributed by atoms with Gasteiger partial charge in [-0.1, -0.05) is 0 Å². The van der Waals surface area contributed by atoms with Crippen LogP contribution in [0.2, 0.25) is 0 Å². The fourth-order valence-corrected chi connectivity index (χ4v) is 2.08. The van der Waals surface area contributed by atoms with Gasteiger partial charge < -0.3 is 15.0 Å². The molecular weight excluding hydrogens is 235 g/mol. The van der Waals surface area contributed by atoms with Crippen molar-refractivity contribution in [2.75, 3.05) is 7.11 Å². The number of rotatable bonds is 3. The van der Waals surface area contributed by atoms with Crippen molar-refractivity contribution >= 4 is 16.9 Å². The van der Waals surface area contributed by atoms with Gasteiger partial charge in [0.25, 0.3) is 0 Å². The smallest absolute Gasteiger partial charge is 0.322 e. The van der Waals surface area contributed by atoms with Gasteiger partial charge in [0.15, 0.2) is 0 Å². The average molecular weight is 250 g/mol. The number of methoxy groups -OCH3 is 1. The lowest BCUT2D eigenvalue weighted by molar-refractivity contribution is -0.142. The second-order valence-electron chi connectivity index (χ2n) is 4.26. The molecule has 2 rings (SSSR count). The van der Waals surface area contributed by atoms with Crippen molar-refractivity contribution in [1.29, 1.82) is 0 Å². The Hall–Kier alpha value is -1.88. The second-order valence-corrected chi connectivity index (χ2v) is 4.26. The molecule has 0 saturated heterocycles. The van der Waals surface area contributed by atoms with Crippen molar-refractivity contribution < 1.29 is 13.9 Å². The van der Waals surface area contributed by atoms with Gasteiger partial charge >= 0.3 is 5.97 Å². The lowest BCUT2D eigenvalue weighted by atomic mass is 10.1. The van der Waals surface area contributed by atoms with E-state index in [1.165, 1.54) is 19.2 Å². The predicted molar refractivity (Wildman–Crippen MR) is 66.6 cm³/mol. The Bertz CT molecular complexity index is 592. The van der Waals surface area contributed by atoms with Crippen LogP contribution in [0, 0.1) is 5.82 Å². The van der Waals surface area contributed by atoms with E-state index < -0.39 is 12.0 Å². The van der Waals surface area contributed by atoms with E-state index in [9.17, 15) is 9.18 Å². The molecule has 0 saturated carbocycles. The molecule has 18 heavy (non-hydrogen) atoms. The summed E-state index contributed by atoms with van der Waals surface area (Å²) in [6.45, 7) is 0. The normalized spacial score (nSPS) is 12.7. The maximum absolute atomic E-state index is 13.2. The monoisotopic (exact) mass is 250 g/mol. The van der Waals surface area contributed by atoms with Gasteiger partial charge in [-0.15, -0.1) is 0 Å². The number of ether oxygens (including phenoxy) is 1. The number of nitrogens with zero attached hydrogens (tertiary/aromatic N) is 1. The number of aromatic nitrogens is 1. The van der Waals surface area contributed by atoms with E-state index in [0.717, 1.165) is 16.5 Å². The van der Waals surface area contributed by atoms with Crippen LogP contribution < -0.4 is 5.73 Å². The number of nitrogens with two attached hydrogens (primary N) is 1. The zero-order valence-electron chi connectivity index (χ0n) is 10.3. The third kappa shape index (κ3) is 2.22. The number of halogens is 1. The van der Waals surface area contributed by atoms with Gasteiger partial charge in [-0.25, -0.2) is 4.39 Å². The minimum absolute atomic E-state index is 0.285. The van der Waals surface area contributed by atoms with Gasteiger partial charge in [-0.3, -0.25) is 4.79 Å². The molecule has 1 aromatic carbocycles. The SMILES string of the molecule is COC(=O)C(N)Cc1cn(C)c2cc(F)ccc12. The van der Waals surface area contributed by atoms with Crippen molar-refractivity contribution in [3.8, 4) is 0 Å². The molecule has 0 bridgehead atoms. The van der Waals surface area contributed by atoms with Crippen molar-refractivity contribution in [3.63, 3.8) is 0 Å². The summed E-state index contributed by atoms with van der Waals surface area (Å²) in [5.74, 6) is -0.735. The number of hydrogen-bond donors (Lipinski definition) is 1. The molecule has 4 nitrogen and oxygen atoms in total. The molecule has 0 radical (unpaired) electrons. The summed E-state index contributed by atoms with van der Waals surface area (Å²) in [7, 11) is 3.13. The highest BCUT2D eigenvalue weighted by molar-refractivity contribution is 5.85. The second kappa shape index (κ2) is 4.78. The number of benzene rings is 1. The lowest BCUT2D eigenvalue weighted by Gasteiger charge is -2.07. The van der Waals surface area contributed by atoms with Gasteiger partial charge in [0.2, 0.25) is 0 Å². The molecule has 0 amide bonds. The molecule has 1 aromatic heterocycles. The summed E-state index contributed by atoms with van der Waals surface area (Å²) in [6.07, 6.45) is 2.22. The van der Waals surface area contributed by atoms with Gasteiger partial charge in [0.05, 0.1) is 12.6 Å². The molecule has 0 aliphatic heterocycles. The molecule has 5 heteroatoms. The fourth-order valence-electron chi connectivity index (χ4n) is 2.08. The van der Waals surface area contributed by atoms with E-state index >= 15 is 0 Å². The van der Waals surface area contributed by atoms with E-state index in [-0.39, 0.29) is 5.82 Å². The molecule has 2 aromatic rings. The van der Waals surface area contributed by atoms with Gasteiger partial charge in [0, 0.05) is 25.1 Å². The number of hydrogen-bond acceptors (Lipinski definition) is 3. The highest BCUT2D eigenvalue weighted by Crippen LogP contribution is 2.22. The van der Waals surface area contributed by atoms with Crippen molar-refractivity contribution in [3.05, 3.63) is 35.8 Å². The molecule has 1 unspecified atom stereocenters. The Kier molecular flexibility index (Phi) is 3.34. The van der Waals surface area contributed by atoms with Crippen LogP contribution >= 0.6 is 0 Å². The lowest BCUT2D eigenvalue weighted by Crippen LogP contribution is -2.33. The van der Waals surface area contributed by atoms with Gasteiger partial charge in [-0.05, 0) is 23.8 Å². The van der Waals surface area contributed by atoms with Crippen molar-refractivity contribution in [2.24, 2.45) is 12.8 Å². The van der Waals surface area contributed by atoms with Crippen LogP contribution in [0.4, 0.5) is 4.39 Å². The summed E-state index contributed by atoms with van der Waals surface area (Å²) >= 11 is 0. The molecule has 1 heterocycles. The number of carbonyl (C=O) groups excluding carboxylic acids is 1. The molecule has 96 valence electrons. The van der Waals surface area contributed by atoms with Crippen molar-refractivity contribution in [2.45, 2.75) is 12.5 Å². The van der Waals surface area contributed by atoms with Gasteiger partial charge in [-0.2, -0.15) is 0 Å². The van der Waals surface area contributed by atoms with Crippen molar-refractivity contribution in [1.82, 2.24) is 4.57 Å². The van der Waals surface area contributed by atoms with E-state index in [2.05, 4.69) is 4.74 Å². The van der Waals surface area contributed by atoms with Crippen LogP contribution in [0.5, 0.6) is 0 Å². The molecular formula is C13H15FN2O2. The predicted octanol–water partition coefficient (Wildman–Crippen LogP) is 1.36. The van der Waals surface area contributed by atoms with E-state index in [1.54, 1.807) is 6.07 Å². The maximum Gasteiger partial charge on any atom is 0.322 e. The Labute approximate surface area is 104 Å². The van der Waals surface area contributed by atoms with E-state index in [0.29, 0.717) is 6.42 Å². The zero-order valence-corrected chi connectivity index (χ0v) is 10.3. The Morgan fingerprint density at radius 3 is 2.94 bits per heavy atom. The quantitative estimate of drug-likeness (QED) is 0.837. The topological polar surface area (TPSA) is 57.2 Å². The zero-order chi connectivity index (χ0) is 13.3. The Morgan fingerprint density at radius 1 is 1.56 bits per heavy atom. The molecule has 0 aliphatic rings. The minimum Gasteiger partial charge on any atom is -0.468 e. The molecule has 0 aliphatic carbocycles. The number of esters is 1. The largest absolute Gasteiger partial charge is 0.468 e. The molecule has 2 N–H and O–H groups in total. The molecule has 0 fully saturated rings. The fraction of sp³-hybridized carbons (Fsp3) is 0.308. The summed E-state index contributed by atoms with van der Waals surface area (Å²) in [5, 5.41) is 0.901. The van der Waals surface area contributed by atoms with Gasteiger partial charge in [0.1, 0.15) is 11.9 Å². The summed E-state index contributed by atoms with van der Waals surface area (Å²) < 4.78 is 19.6. The first-order valence-corrected chi connectivity index (χ1v) is 5.60. The maximum atomic E-state index is 13.2. The Balaban J connectivity index is 2.37. The third-order valence-electron chi connectivity index (χ3n) is 2.98. The number of aryl methyl sites for hydroxylation is 1. The highest BCUT2D eigenvalue weighted by Gasteiger charge is 2.17. The first-order chi connectivity index (χ1) is 8.52. The van der Waals surface area contributed by atoms with Crippen LogP contribution in [0.1, 0.15) is 5.56 Å². The standard InChI is InChI=1S/C13H15FN2O2/c1-16-7-8(5-11(15)13(17)18-2)10-4-3-9(14)6-12(10)16/h3-4,6-7,11H,5,15H2,1-2H3. The van der Waals surface area contributed by atoms with Crippen LogP contribution in [0.15, 0.2) is 24.4 Å². The van der Waals surface area contributed by atoms with E-state index in [1.807, 2.05) is 17.8 Å². The van der Waals surface area contributed by atoms with Crippen LogP contribution in [0.25, 0.3) is 10.9 Å². The van der Waals surface area contributed by atoms with E-state index in [4.69, 9.17) is 5.73 Å². The molecule has 1 atom stereocenters. The summed E-state index contributed by atoms with van der Waals surface area (Å²) in [5.41, 5.74) is 7.42. The summed E-state index contributed by atoms with van der Waals surface area (Å²) in [4.78, 5) is 11.3. The number of carbonyl (C=O) groups is 1. The first-order valence-electron chi connectivity index (χ1n) is 5.60. The average Bonchev–Trinajstić information content (AvgIpc) is 2.65. The number of fused-ring (bicyclic) bond motifs is 1. The third-order valence-corrected chi connectivity index (χ3v) is 2.98. The minimum atomic E-state index is -0.703. The van der Waals surface area contributed by atoms with Crippen LogP contribution in [-0.2, 0) is 23.0 Å².